The molecule has 0 fully saturated rings. The van der Waals surface area contributed by atoms with Gasteiger partial charge in [0.05, 0.1) is 6.54 Å². The maximum absolute atomic E-state index is 11.9. The number of rotatable bonds is 4. The van der Waals surface area contributed by atoms with Crippen molar-refractivity contribution in [2.75, 3.05) is 11.9 Å². The number of carbonyl (C=O) groups is 2. The standard InChI is InChI=1S/C16H14BrClN2O2/c1-10-2-7-13(8-14(10)17)20-15(21)9-19-16(22)11-3-5-12(18)6-4-11/h2-8H,9H2,1H3,(H,19,22)(H,20,21). The van der Waals surface area contributed by atoms with Crippen molar-refractivity contribution in [2.24, 2.45) is 0 Å². The summed E-state index contributed by atoms with van der Waals surface area (Å²) < 4.78 is 0.912. The topological polar surface area (TPSA) is 58.2 Å². The summed E-state index contributed by atoms with van der Waals surface area (Å²) in [5.74, 6) is -0.616. The Bertz CT molecular complexity index is 702. The van der Waals surface area contributed by atoms with Gasteiger partial charge in [-0.25, -0.2) is 0 Å². The van der Waals surface area contributed by atoms with Gasteiger partial charge in [0.2, 0.25) is 5.91 Å². The van der Waals surface area contributed by atoms with Crippen LogP contribution in [0.4, 0.5) is 5.69 Å². The Morgan fingerprint density at radius 3 is 2.45 bits per heavy atom. The fourth-order valence-electron chi connectivity index (χ4n) is 1.74. The van der Waals surface area contributed by atoms with Crippen LogP contribution >= 0.6 is 27.5 Å². The molecule has 0 saturated heterocycles. The molecule has 6 heteroatoms. The number of carbonyl (C=O) groups excluding carboxylic acids is 2. The van der Waals surface area contributed by atoms with Crippen LogP contribution in [0, 0.1) is 6.92 Å². The van der Waals surface area contributed by atoms with Gasteiger partial charge in [-0.05, 0) is 48.9 Å². The normalized spacial score (nSPS) is 10.1. The number of anilines is 1. The van der Waals surface area contributed by atoms with Crippen molar-refractivity contribution in [1.82, 2.24) is 5.32 Å². The molecule has 0 bridgehead atoms. The van der Waals surface area contributed by atoms with E-state index in [0.29, 0.717) is 16.3 Å². The second-order valence-corrected chi connectivity index (χ2v) is 5.99. The van der Waals surface area contributed by atoms with E-state index in [2.05, 4.69) is 26.6 Å². The molecule has 0 aromatic heterocycles. The highest BCUT2D eigenvalue weighted by Crippen LogP contribution is 2.20. The fourth-order valence-corrected chi connectivity index (χ4v) is 2.24. The van der Waals surface area contributed by atoms with Crippen LogP contribution in [0.2, 0.25) is 5.02 Å². The van der Waals surface area contributed by atoms with Gasteiger partial charge >= 0.3 is 0 Å². The summed E-state index contributed by atoms with van der Waals surface area (Å²) in [4.78, 5) is 23.7. The van der Waals surface area contributed by atoms with E-state index in [1.165, 1.54) is 0 Å². The van der Waals surface area contributed by atoms with E-state index in [1.807, 2.05) is 19.1 Å². The second-order valence-electron chi connectivity index (χ2n) is 4.70. The van der Waals surface area contributed by atoms with E-state index in [4.69, 9.17) is 11.6 Å². The third-order valence-electron chi connectivity index (χ3n) is 2.97. The van der Waals surface area contributed by atoms with Crippen LogP contribution in [0.15, 0.2) is 46.9 Å². The largest absolute Gasteiger partial charge is 0.343 e. The van der Waals surface area contributed by atoms with E-state index < -0.39 is 0 Å². The molecule has 114 valence electrons. The predicted octanol–water partition coefficient (Wildman–Crippen LogP) is 3.78. The van der Waals surface area contributed by atoms with Crippen molar-refractivity contribution < 1.29 is 9.59 Å². The number of benzene rings is 2. The third kappa shape index (κ3) is 4.58. The van der Waals surface area contributed by atoms with Gasteiger partial charge in [0, 0.05) is 20.7 Å². The Kier molecular flexibility index (Phi) is 5.57. The number of nitrogens with one attached hydrogen (secondary N) is 2. The van der Waals surface area contributed by atoms with Crippen LogP contribution in [0.5, 0.6) is 0 Å². The number of aryl methyl sites for hydroxylation is 1. The molecule has 2 aromatic carbocycles. The van der Waals surface area contributed by atoms with Gasteiger partial charge in [-0.1, -0.05) is 33.6 Å². The Labute approximate surface area is 142 Å². The molecule has 0 aliphatic heterocycles. The van der Waals surface area contributed by atoms with Crippen LogP contribution in [0.25, 0.3) is 0 Å². The zero-order chi connectivity index (χ0) is 16.1. The van der Waals surface area contributed by atoms with Crippen molar-refractivity contribution in [3.8, 4) is 0 Å². The zero-order valence-corrected chi connectivity index (χ0v) is 14.2. The van der Waals surface area contributed by atoms with E-state index in [0.717, 1.165) is 10.0 Å². The minimum atomic E-state index is -0.322. The minimum absolute atomic E-state index is 0.104. The smallest absolute Gasteiger partial charge is 0.251 e. The maximum Gasteiger partial charge on any atom is 0.251 e. The van der Waals surface area contributed by atoms with Gasteiger partial charge in [0.25, 0.3) is 5.91 Å². The van der Waals surface area contributed by atoms with E-state index in [1.54, 1.807) is 30.3 Å². The first-order chi connectivity index (χ1) is 10.5. The molecule has 0 heterocycles. The van der Waals surface area contributed by atoms with E-state index >= 15 is 0 Å². The quantitative estimate of drug-likeness (QED) is 0.847. The number of hydrogen-bond donors (Lipinski definition) is 2. The SMILES string of the molecule is Cc1ccc(NC(=O)CNC(=O)c2ccc(Cl)cc2)cc1Br. The summed E-state index contributed by atoms with van der Waals surface area (Å²) >= 11 is 9.16. The van der Waals surface area contributed by atoms with Crippen LogP contribution in [-0.4, -0.2) is 18.4 Å². The summed E-state index contributed by atoms with van der Waals surface area (Å²) in [7, 11) is 0. The molecule has 4 nitrogen and oxygen atoms in total. The molecule has 0 aliphatic carbocycles. The number of amides is 2. The Morgan fingerprint density at radius 1 is 1.14 bits per heavy atom. The van der Waals surface area contributed by atoms with Crippen LogP contribution in [0.3, 0.4) is 0 Å². The number of halogens is 2. The van der Waals surface area contributed by atoms with Gasteiger partial charge in [-0.2, -0.15) is 0 Å². The summed E-state index contributed by atoms with van der Waals surface area (Å²) in [5, 5.41) is 5.83. The zero-order valence-electron chi connectivity index (χ0n) is 11.8. The van der Waals surface area contributed by atoms with Crippen molar-refractivity contribution >= 4 is 45.0 Å². The first-order valence-electron chi connectivity index (χ1n) is 6.55. The molecule has 0 saturated carbocycles. The van der Waals surface area contributed by atoms with Gasteiger partial charge in [-0.15, -0.1) is 0 Å². The summed E-state index contributed by atoms with van der Waals surface area (Å²) in [6, 6.07) is 12.0. The molecule has 22 heavy (non-hydrogen) atoms. The lowest BCUT2D eigenvalue weighted by atomic mass is 10.2. The highest BCUT2D eigenvalue weighted by atomic mass is 79.9. The summed E-state index contributed by atoms with van der Waals surface area (Å²) in [6.07, 6.45) is 0. The van der Waals surface area contributed by atoms with Crippen molar-refractivity contribution in [2.45, 2.75) is 6.92 Å². The average Bonchev–Trinajstić information content (AvgIpc) is 2.49. The highest BCUT2D eigenvalue weighted by Gasteiger charge is 2.08. The summed E-state index contributed by atoms with van der Waals surface area (Å²) in [6.45, 7) is 1.86. The second kappa shape index (κ2) is 7.42. The molecule has 0 atom stereocenters. The first kappa shape index (κ1) is 16.5. The van der Waals surface area contributed by atoms with Crippen molar-refractivity contribution in [3.63, 3.8) is 0 Å². The Hall–Kier alpha value is -1.85. The fraction of sp³-hybridized carbons (Fsp3) is 0.125. The molecule has 0 radical (unpaired) electrons. The lowest BCUT2D eigenvalue weighted by Crippen LogP contribution is -2.32. The Morgan fingerprint density at radius 2 is 1.82 bits per heavy atom. The predicted molar refractivity (Wildman–Crippen MR) is 91.3 cm³/mol. The van der Waals surface area contributed by atoms with Gasteiger partial charge in [0.15, 0.2) is 0 Å². The van der Waals surface area contributed by atoms with Gasteiger partial charge < -0.3 is 10.6 Å². The van der Waals surface area contributed by atoms with Gasteiger partial charge in [0.1, 0.15) is 0 Å². The maximum atomic E-state index is 11.9. The third-order valence-corrected chi connectivity index (χ3v) is 4.08. The molecule has 2 amide bonds. The van der Waals surface area contributed by atoms with Crippen molar-refractivity contribution in [1.29, 1.82) is 0 Å². The molecule has 2 aromatic rings. The highest BCUT2D eigenvalue weighted by molar-refractivity contribution is 9.10. The molecule has 2 N–H and O–H groups in total. The summed E-state index contributed by atoms with van der Waals surface area (Å²) in [5.41, 5.74) is 2.20. The van der Waals surface area contributed by atoms with Gasteiger partial charge in [-0.3, -0.25) is 9.59 Å². The average molecular weight is 382 g/mol. The first-order valence-corrected chi connectivity index (χ1v) is 7.72. The lowest BCUT2D eigenvalue weighted by Gasteiger charge is -2.08. The lowest BCUT2D eigenvalue weighted by molar-refractivity contribution is -0.115. The molecular weight excluding hydrogens is 368 g/mol. The van der Waals surface area contributed by atoms with E-state index in [9.17, 15) is 9.59 Å². The molecule has 0 spiro atoms. The minimum Gasteiger partial charge on any atom is -0.343 e. The monoisotopic (exact) mass is 380 g/mol. The van der Waals surface area contributed by atoms with Crippen molar-refractivity contribution in [3.05, 3.63) is 63.1 Å². The van der Waals surface area contributed by atoms with Crippen LogP contribution in [-0.2, 0) is 4.79 Å². The Balaban J connectivity index is 1.88. The molecule has 2 rings (SSSR count). The molecule has 0 unspecified atom stereocenters. The number of hydrogen-bond acceptors (Lipinski definition) is 2. The van der Waals surface area contributed by atoms with E-state index in [-0.39, 0.29) is 18.4 Å². The molecular formula is C16H14BrClN2O2. The van der Waals surface area contributed by atoms with Crippen LogP contribution < -0.4 is 10.6 Å². The van der Waals surface area contributed by atoms with Crippen LogP contribution in [0.1, 0.15) is 15.9 Å². The molecule has 0 aliphatic rings.